The van der Waals surface area contributed by atoms with E-state index in [1.165, 1.54) is 0 Å². The molecule has 0 heterocycles. The Morgan fingerprint density at radius 3 is 2.31 bits per heavy atom. The number of hydrogen-bond donors (Lipinski definition) is 2. The van der Waals surface area contributed by atoms with Crippen molar-refractivity contribution in [2.75, 3.05) is 0 Å². The van der Waals surface area contributed by atoms with Crippen LogP contribution in [0.5, 0.6) is 0 Å². The van der Waals surface area contributed by atoms with Gasteiger partial charge < -0.3 is 11.1 Å². The third-order valence-electron chi connectivity index (χ3n) is 3.32. The van der Waals surface area contributed by atoms with Gasteiger partial charge in [-0.15, -0.1) is 0 Å². The van der Waals surface area contributed by atoms with Crippen molar-refractivity contribution in [3.63, 3.8) is 0 Å². The zero-order valence-corrected chi connectivity index (χ0v) is 8.71. The molecule has 0 aromatic rings. The lowest BCUT2D eigenvalue weighted by atomic mass is 9.69. The summed E-state index contributed by atoms with van der Waals surface area (Å²) in [6.07, 6.45) is 2.20. The van der Waals surface area contributed by atoms with Gasteiger partial charge in [0.15, 0.2) is 0 Å². The van der Waals surface area contributed by atoms with Gasteiger partial charge in [0.05, 0.1) is 0 Å². The number of carbonyl (C=O) groups excluding carboxylic acids is 1. The molecule has 0 spiro atoms. The van der Waals surface area contributed by atoms with Gasteiger partial charge in [-0.2, -0.15) is 0 Å². The predicted octanol–water partition coefficient (Wildman–Crippen LogP) is 1.73. The first-order chi connectivity index (χ1) is 6.00. The van der Waals surface area contributed by atoms with Gasteiger partial charge in [-0.1, -0.05) is 20.8 Å². The standard InChI is InChI=1S/C10H20N2O/c1-6(2)7(3)8-4-9(5-8)12-10(11)13/h6-9H,4-5H2,1-3H3,(H3,11,12,13)/t7-,8-,9+/m1/s1. The Balaban J connectivity index is 2.21. The summed E-state index contributed by atoms with van der Waals surface area (Å²) < 4.78 is 0. The number of nitrogens with two attached hydrogens (primary N) is 1. The molecule has 0 unspecified atom stereocenters. The number of amides is 2. The zero-order chi connectivity index (χ0) is 10.0. The quantitative estimate of drug-likeness (QED) is 0.689. The molecule has 13 heavy (non-hydrogen) atoms. The monoisotopic (exact) mass is 184 g/mol. The first kappa shape index (κ1) is 10.4. The van der Waals surface area contributed by atoms with Crippen molar-refractivity contribution < 1.29 is 4.79 Å². The van der Waals surface area contributed by atoms with Gasteiger partial charge in [-0.25, -0.2) is 4.79 Å². The van der Waals surface area contributed by atoms with Crippen LogP contribution in [0.3, 0.4) is 0 Å². The molecule has 0 aromatic carbocycles. The van der Waals surface area contributed by atoms with Crippen molar-refractivity contribution in [3.05, 3.63) is 0 Å². The highest BCUT2D eigenvalue weighted by Crippen LogP contribution is 2.37. The second-order valence-electron chi connectivity index (χ2n) is 4.54. The molecular weight excluding hydrogens is 164 g/mol. The van der Waals surface area contributed by atoms with Gasteiger partial charge in [0.1, 0.15) is 0 Å². The van der Waals surface area contributed by atoms with Crippen molar-refractivity contribution in [3.8, 4) is 0 Å². The van der Waals surface area contributed by atoms with Gasteiger partial charge in [0.2, 0.25) is 0 Å². The van der Waals surface area contributed by atoms with Gasteiger partial charge >= 0.3 is 6.03 Å². The van der Waals surface area contributed by atoms with Crippen molar-refractivity contribution in [2.24, 2.45) is 23.5 Å². The molecule has 0 saturated heterocycles. The third kappa shape index (κ3) is 2.61. The molecule has 0 aromatic heterocycles. The summed E-state index contributed by atoms with van der Waals surface area (Å²) >= 11 is 0. The van der Waals surface area contributed by atoms with E-state index in [1.807, 2.05) is 0 Å². The maximum absolute atomic E-state index is 10.5. The van der Waals surface area contributed by atoms with Crippen molar-refractivity contribution in [1.29, 1.82) is 0 Å². The maximum Gasteiger partial charge on any atom is 0.312 e. The fraction of sp³-hybridized carbons (Fsp3) is 0.900. The highest BCUT2D eigenvalue weighted by atomic mass is 16.2. The normalized spacial score (nSPS) is 29.5. The van der Waals surface area contributed by atoms with E-state index in [0.717, 1.165) is 30.6 Å². The fourth-order valence-electron chi connectivity index (χ4n) is 1.95. The molecule has 76 valence electrons. The molecule has 3 heteroatoms. The largest absolute Gasteiger partial charge is 0.352 e. The van der Waals surface area contributed by atoms with E-state index >= 15 is 0 Å². The molecule has 0 bridgehead atoms. The topological polar surface area (TPSA) is 55.1 Å². The first-order valence-corrected chi connectivity index (χ1v) is 5.06. The molecule has 3 nitrogen and oxygen atoms in total. The summed E-state index contributed by atoms with van der Waals surface area (Å²) in [5, 5.41) is 2.74. The number of nitrogens with one attached hydrogen (secondary N) is 1. The van der Waals surface area contributed by atoms with E-state index in [4.69, 9.17) is 5.73 Å². The highest BCUT2D eigenvalue weighted by Gasteiger charge is 2.34. The lowest BCUT2D eigenvalue weighted by Gasteiger charge is -2.40. The molecule has 0 radical (unpaired) electrons. The lowest BCUT2D eigenvalue weighted by molar-refractivity contribution is 0.133. The van der Waals surface area contributed by atoms with Gasteiger partial charge in [0, 0.05) is 6.04 Å². The van der Waals surface area contributed by atoms with Gasteiger partial charge in [-0.05, 0) is 30.6 Å². The molecule has 1 rings (SSSR count). The average molecular weight is 184 g/mol. The Kier molecular flexibility index (Phi) is 3.17. The Hall–Kier alpha value is -0.730. The summed E-state index contributed by atoms with van der Waals surface area (Å²) in [6.45, 7) is 6.79. The van der Waals surface area contributed by atoms with Crippen LogP contribution in [0.4, 0.5) is 4.79 Å². The number of primary amides is 1. The number of hydrogen-bond acceptors (Lipinski definition) is 1. The minimum Gasteiger partial charge on any atom is -0.352 e. The molecule has 2 amide bonds. The molecule has 3 N–H and O–H groups in total. The number of carbonyl (C=O) groups is 1. The minimum atomic E-state index is -0.388. The summed E-state index contributed by atoms with van der Waals surface area (Å²) in [4.78, 5) is 10.5. The van der Waals surface area contributed by atoms with E-state index < -0.39 is 0 Å². The zero-order valence-electron chi connectivity index (χ0n) is 8.71. The summed E-state index contributed by atoms with van der Waals surface area (Å²) in [6, 6.07) is -0.0515. The minimum absolute atomic E-state index is 0.337. The Labute approximate surface area is 80.1 Å². The first-order valence-electron chi connectivity index (χ1n) is 5.06. The Bertz CT molecular complexity index is 185. The third-order valence-corrected chi connectivity index (χ3v) is 3.32. The van der Waals surface area contributed by atoms with Crippen LogP contribution in [0, 0.1) is 17.8 Å². The second kappa shape index (κ2) is 3.99. The van der Waals surface area contributed by atoms with E-state index in [2.05, 4.69) is 26.1 Å². The van der Waals surface area contributed by atoms with Gasteiger partial charge in [-0.3, -0.25) is 0 Å². The van der Waals surface area contributed by atoms with Gasteiger partial charge in [0.25, 0.3) is 0 Å². The van der Waals surface area contributed by atoms with Crippen LogP contribution in [0.15, 0.2) is 0 Å². The summed E-state index contributed by atoms with van der Waals surface area (Å²) in [5.74, 6) is 2.27. The molecule has 1 fully saturated rings. The molecular formula is C10H20N2O. The van der Waals surface area contributed by atoms with Crippen molar-refractivity contribution >= 4 is 6.03 Å². The molecule has 1 atom stereocenters. The molecule has 1 aliphatic carbocycles. The Morgan fingerprint density at radius 2 is 1.92 bits per heavy atom. The summed E-state index contributed by atoms with van der Waals surface area (Å²) in [5.41, 5.74) is 5.03. The maximum atomic E-state index is 10.5. The predicted molar refractivity (Wildman–Crippen MR) is 53.2 cm³/mol. The fourth-order valence-corrected chi connectivity index (χ4v) is 1.95. The Morgan fingerprint density at radius 1 is 1.38 bits per heavy atom. The van der Waals surface area contributed by atoms with Crippen LogP contribution in [0.1, 0.15) is 33.6 Å². The van der Waals surface area contributed by atoms with Crippen LogP contribution in [0.25, 0.3) is 0 Å². The van der Waals surface area contributed by atoms with E-state index in [-0.39, 0.29) is 6.03 Å². The van der Waals surface area contributed by atoms with Crippen LogP contribution < -0.4 is 11.1 Å². The highest BCUT2D eigenvalue weighted by molar-refractivity contribution is 5.72. The van der Waals surface area contributed by atoms with Crippen LogP contribution in [0.2, 0.25) is 0 Å². The smallest absolute Gasteiger partial charge is 0.312 e. The SMILES string of the molecule is CC(C)[C@@H](C)[C@H]1C[C@@H](NC(N)=O)C1. The molecule has 1 saturated carbocycles. The molecule has 0 aliphatic heterocycles. The molecule has 1 aliphatic rings. The average Bonchev–Trinajstić information content (AvgIpc) is 1.94. The van der Waals surface area contributed by atoms with Crippen molar-refractivity contribution in [1.82, 2.24) is 5.32 Å². The summed E-state index contributed by atoms with van der Waals surface area (Å²) in [7, 11) is 0. The lowest BCUT2D eigenvalue weighted by Crippen LogP contribution is -2.48. The van der Waals surface area contributed by atoms with E-state index in [0.29, 0.717) is 6.04 Å². The van der Waals surface area contributed by atoms with Crippen LogP contribution in [-0.2, 0) is 0 Å². The number of rotatable bonds is 3. The van der Waals surface area contributed by atoms with E-state index in [1.54, 1.807) is 0 Å². The second-order valence-corrected chi connectivity index (χ2v) is 4.54. The van der Waals surface area contributed by atoms with Crippen LogP contribution in [-0.4, -0.2) is 12.1 Å². The van der Waals surface area contributed by atoms with E-state index in [9.17, 15) is 4.79 Å². The van der Waals surface area contributed by atoms with Crippen LogP contribution >= 0.6 is 0 Å². The number of urea groups is 1. The van der Waals surface area contributed by atoms with Crippen molar-refractivity contribution in [2.45, 2.75) is 39.7 Å².